The van der Waals surface area contributed by atoms with Gasteiger partial charge in [-0.1, -0.05) is 6.07 Å². The van der Waals surface area contributed by atoms with Gasteiger partial charge in [0.05, 0.1) is 22.5 Å². The van der Waals surface area contributed by atoms with Gasteiger partial charge in [-0.15, -0.1) is 0 Å². The minimum atomic E-state index is -3.70. The number of anilines is 1. The molecule has 1 amide bonds. The third-order valence-electron chi connectivity index (χ3n) is 6.63. The normalized spacial score (nSPS) is 12.0. The fourth-order valence-corrected chi connectivity index (χ4v) is 5.29. The van der Waals surface area contributed by atoms with Gasteiger partial charge in [0.2, 0.25) is 10.0 Å². The zero-order chi connectivity index (χ0) is 30.4. The van der Waals surface area contributed by atoms with E-state index < -0.39 is 33.4 Å². The number of ether oxygens (including phenoxy) is 1. The first kappa shape index (κ1) is 28.9. The number of aromatic nitrogens is 1. The highest BCUT2D eigenvalue weighted by Gasteiger charge is 2.25. The van der Waals surface area contributed by atoms with Gasteiger partial charge in [0.15, 0.2) is 0 Å². The second kappa shape index (κ2) is 10.6. The van der Waals surface area contributed by atoms with Gasteiger partial charge in [0, 0.05) is 41.2 Å². The molecule has 3 aromatic carbocycles. The average molecular weight is 592 g/mol. The Morgan fingerprint density at radius 2 is 1.69 bits per heavy atom. The first-order valence-electron chi connectivity index (χ1n) is 13.2. The van der Waals surface area contributed by atoms with Crippen molar-refractivity contribution in [1.82, 2.24) is 9.88 Å². The summed E-state index contributed by atoms with van der Waals surface area (Å²) in [5.74, 6) is -0.808. The van der Waals surface area contributed by atoms with Crippen molar-refractivity contribution in [2.45, 2.75) is 33.3 Å². The number of carbonyl (C=O) groups is 2. The Morgan fingerprint density at radius 1 is 1.00 bits per heavy atom. The molecular formula is C31H30FN3O6S. The number of halogens is 1. The standard InChI is InChI=1S/C31H30FN3O6S/c1-6-42(38,39)34-24-17-26-23(27(29(36)33-5)28(40-26)18-7-10-21(32)11-8-18)16-22(24)19-9-12-25-20(15-19)13-14-35(25)30(37)41-31(2,3)4/h7-17,34H,6H2,1-5H3,(H,33,36). The molecule has 0 saturated heterocycles. The Labute approximate surface area is 242 Å². The van der Waals surface area contributed by atoms with Gasteiger partial charge in [-0.3, -0.25) is 14.1 Å². The molecule has 0 radical (unpaired) electrons. The van der Waals surface area contributed by atoms with E-state index >= 15 is 0 Å². The molecule has 0 atom stereocenters. The van der Waals surface area contributed by atoms with Gasteiger partial charge in [0.1, 0.15) is 22.8 Å². The lowest BCUT2D eigenvalue weighted by atomic mass is 9.98. The molecule has 42 heavy (non-hydrogen) atoms. The zero-order valence-corrected chi connectivity index (χ0v) is 24.6. The van der Waals surface area contributed by atoms with E-state index in [1.807, 2.05) is 6.07 Å². The number of benzene rings is 3. The Bertz CT molecular complexity index is 1950. The molecule has 0 saturated carbocycles. The SMILES string of the molecule is CCS(=O)(=O)Nc1cc2oc(-c3ccc(F)cc3)c(C(=O)NC)c2cc1-c1ccc2c(ccn2C(=O)OC(C)(C)C)c1. The maximum Gasteiger partial charge on any atom is 0.418 e. The molecule has 2 N–H and O–H groups in total. The first-order valence-corrected chi connectivity index (χ1v) is 14.9. The summed E-state index contributed by atoms with van der Waals surface area (Å²) >= 11 is 0. The third kappa shape index (κ3) is 5.60. The molecule has 11 heteroatoms. The third-order valence-corrected chi connectivity index (χ3v) is 7.92. The van der Waals surface area contributed by atoms with Crippen LogP contribution in [0.2, 0.25) is 0 Å². The molecule has 9 nitrogen and oxygen atoms in total. The maximum atomic E-state index is 13.6. The van der Waals surface area contributed by atoms with Crippen LogP contribution in [0.5, 0.6) is 0 Å². The number of rotatable bonds is 6. The van der Waals surface area contributed by atoms with Crippen molar-refractivity contribution in [3.05, 3.63) is 78.2 Å². The quantitative estimate of drug-likeness (QED) is 0.225. The lowest BCUT2D eigenvalue weighted by Gasteiger charge is -2.19. The Kier molecular flexibility index (Phi) is 7.32. The van der Waals surface area contributed by atoms with E-state index in [4.69, 9.17) is 9.15 Å². The number of hydrogen-bond donors (Lipinski definition) is 2. The summed E-state index contributed by atoms with van der Waals surface area (Å²) in [6.45, 7) is 6.88. The Hall–Kier alpha value is -4.64. The van der Waals surface area contributed by atoms with Crippen LogP contribution in [0.3, 0.4) is 0 Å². The monoisotopic (exact) mass is 591 g/mol. The summed E-state index contributed by atoms with van der Waals surface area (Å²) < 4.78 is 54.6. The summed E-state index contributed by atoms with van der Waals surface area (Å²) in [5, 5.41) is 3.78. The molecule has 2 heterocycles. The molecule has 5 aromatic rings. The molecule has 0 fully saturated rings. The van der Waals surface area contributed by atoms with E-state index in [9.17, 15) is 22.4 Å². The largest absolute Gasteiger partial charge is 0.455 e. The highest BCUT2D eigenvalue weighted by molar-refractivity contribution is 7.92. The number of nitrogens with zero attached hydrogens (tertiary/aromatic N) is 1. The van der Waals surface area contributed by atoms with Crippen LogP contribution in [0, 0.1) is 5.82 Å². The molecule has 0 aliphatic rings. The fraction of sp³-hybridized carbons (Fsp3) is 0.226. The van der Waals surface area contributed by atoms with Crippen molar-refractivity contribution in [2.75, 3.05) is 17.5 Å². The number of fused-ring (bicyclic) bond motifs is 2. The summed E-state index contributed by atoms with van der Waals surface area (Å²) in [7, 11) is -2.21. The minimum absolute atomic E-state index is 0.162. The molecule has 0 bridgehead atoms. The first-order chi connectivity index (χ1) is 19.8. The van der Waals surface area contributed by atoms with Crippen molar-refractivity contribution in [2.24, 2.45) is 0 Å². The smallest absolute Gasteiger partial charge is 0.418 e. The summed E-state index contributed by atoms with van der Waals surface area (Å²) in [6.07, 6.45) is 1.09. The van der Waals surface area contributed by atoms with Crippen LogP contribution < -0.4 is 10.0 Å². The van der Waals surface area contributed by atoms with Crippen molar-refractivity contribution in [3.63, 3.8) is 0 Å². The van der Waals surface area contributed by atoms with Gasteiger partial charge in [-0.25, -0.2) is 17.6 Å². The second-order valence-electron chi connectivity index (χ2n) is 10.7. The van der Waals surface area contributed by atoms with Gasteiger partial charge in [0.25, 0.3) is 5.91 Å². The molecule has 218 valence electrons. The number of hydrogen-bond acceptors (Lipinski definition) is 6. The summed E-state index contributed by atoms with van der Waals surface area (Å²) in [6, 6.07) is 15.9. The van der Waals surface area contributed by atoms with E-state index in [0.29, 0.717) is 33.0 Å². The molecular weight excluding hydrogens is 561 g/mol. The van der Waals surface area contributed by atoms with Crippen LogP contribution in [0.25, 0.3) is 44.3 Å². The van der Waals surface area contributed by atoms with Crippen molar-refractivity contribution in [1.29, 1.82) is 0 Å². The van der Waals surface area contributed by atoms with E-state index in [2.05, 4.69) is 10.0 Å². The van der Waals surface area contributed by atoms with Crippen LogP contribution in [0.15, 0.2) is 71.3 Å². The van der Waals surface area contributed by atoms with Gasteiger partial charge < -0.3 is 14.5 Å². The molecule has 0 aliphatic carbocycles. The van der Waals surface area contributed by atoms with E-state index in [1.165, 1.54) is 48.9 Å². The number of furan rings is 1. The Balaban J connectivity index is 1.72. The highest BCUT2D eigenvalue weighted by atomic mass is 32.2. The van der Waals surface area contributed by atoms with Gasteiger partial charge in [-0.2, -0.15) is 0 Å². The Morgan fingerprint density at radius 3 is 2.33 bits per heavy atom. The number of sulfonamides is 1. The maximum absolute atomic E-state index is 13.6. The van der Waals surface area contributed by atoms with Crippen LogP contribution in [0.4, 0.5) is 14.9 Å². The predicted octanol–water partition coefficient (Wildman–Crippen LogP) is 6.77. The topological polar surface area (TPSA) is 120 Å². The van der Waals surface area contributed by atoms with Gasteiger partial charge >= 0.3 is 6.09 Å². The molecule has 0 aliphatic heterocycles. The highest BCUT2D eigenvalue weighted by Crippen LogP contribution is 2.40. The van der Waals surface area contributed by atoms with Crippen molar-refractivity contribution < 1.29 is 31.6 Å². The van der Waals surface area contributed by atoms with Gasteiger partial charge in [-0.05, 0) is 81.8 Å². The molecule has 5 rings (SSSR count). The van der Waals surface area contributed by atoms with Crippen LogP contribution >= 0.6 is 0 Å². The fourth-order valence-electron chi connectivity index (χ4n) is 4.64. The number of carbonyl (C=O) groups excluding carboxylic acids is 2. The lowest BCUT2D eigenvalue weighted by molar-refractivity contribution is 0.0544. The minimum Gasteiger partial charge on any atom is -0.455 e. The average Bonchev–Trinajstić information content (AvgIpc) is 3.52. The van der Waals surface area contributed by atoms with Crippen LogP contribution in [0.1, 0.15) is 38.1 Å². The molecule has 0 spiro atoms. The second-order valence-corrected chi connectivity index (χ2v) is 12.7. The van der Waals surface area contributed by atoms with Crippen molar-refractivity contribution in [3.8, 4) is 22.5 Å². The van der Waals surface area contributed by atoms with E-state index in [0.717, 1.165) is 0 Å². The zero-order valence-electron chi connectivity index (χ0n) is 23.7. The van der Waals surface area contributed by atoms with Crippen LogP contribution in [-0.4, -0.2) is 43.4 Å². The van der Waals surface area contributed by atoms with Crippen molar-refractivity contribution >= 4 is 49.6 Å². The van der Waals surface area contributed by atoms with E-state index in [-0.39, 0.29) is 28.3 Å². The molecule has 0 unspecified atom stereocenters. The predicted molar refractivity (Wildman–Crippen MR) is 161 cm³/mol. The molecule has 2 aromatic heterocycles. The summed E-state index contributed by atoms with van der Waals surface area (Å²) in [4.78, 5) is 25.8. The van der Waals surface area contributed by atoms with E-state index in [1.54, 1.807) is 51.2 Å². The summed E-state index contributed by atoms with van der Waals surface area (Å²) in [5.41, 5.74) is 2.28. The number of nitrogens with one attached hydrogen (secondary N) is 2. The number of amides is 1. The van der Waals surface area contributed by atoms with Crippen LogP contribution in [-0.2, 0) is 14.8 Å². The lowest BCUT2D eigenvalue weighted by Crippen LogP contribution is -2.26.